The van der Waals surface area contributed by atoms with Gasteiger partial charge in [0.05, 0.1) is 11.4 Å². The van der Waals surface area contributed by atoms with Crippen LogP contribution in [-0.4, -0.2) is 26.8 Å². The summed E-state index contributed by atoms with van der Waals surface area (Å²) in [5.74, 6) is 0.0819. The zero-order valence-corrected chi connectivity index (χ0v) is 12.3. The monoisotopic (exact) mass is 270 g/mol. The normalized spacial score (nSPS) is 11.8. The van der Waals surface area contributed by atoms with Gasteiger partial charge in [-0.1, -0.05) is 26.0 Å². The van der Waals surface area contributed by atoms with Crippen molar-refractivity contribution in [3.63, 3.8) is 0 Å². The van der Waals surface area contributed by atoms with Crippen LogP contribution in [0.2, 0.25) is 0 Å². The van der Waals surface area contributed by atoms with Crippen LogP contribution in [0.1, 0.15) is 25.0 Å². The maximum Gasteiger partial charge on any atom is 0.233 e. The van der Waals surface area contributed by atoms with Gasteiger partial charge >= 0.3 is 0 Å². The first-order chi connectivity index (χ1) is 8.32. The summed E-state index contributed by atoms with van der Waals surface area (Å²) in [5, 5.41) is 3.09. The molecule has 102 valence electrons. The number of rotatable bonds is 6. The first-order valence-electron chi connectivity index (χ1n) is 6.12. The van der Waals surface area contributed by atoms with Crippen molar-refractivity contribution in [2.24, 2.45) is 0 Å². The number of nitrogens with one attached hydrogen (secondary N) is 2. The van der Waals surface area contributed by atoms with Crippen molar-refractivity contribution in [1.82, 2.24) is 5.32 Å². The van der Waals surface area contributed by atoms with Crippen LogP contribution in [0, 0.1) is 13.8 Å². The van der Waals surface area contributed by atoms with Crippen molar-refractivity contribution in [2.45, 2.75) is 33.7 Å². The molecule has 0 amide bonds. The van der Waals surface area contributed by atoms with E-state index in [2.05, 4.69) is 10.0 Å². The molecule has 2 N–H and O–H groups in total. The minimum Gasteiger partial charge on any atom is -0.313 e. The first kappa shape index (κ1) is 15.0. The zero-order chi connectivity index (χ0) is 13.8. The van der Waals surface area contributed by atoms with Crippen LogP contribution in [0.4, 0.5) is 5.69 Å². The van der Waals surface area contributed by atoms with Gasteiger partial charge in [0.15, 0.2) is 0 Å². The maximum absolute atomic E-state index is 11.9. The molecule has 4 nitrogen and oxygen atoms in total. The lowest BCUT2D eigenvalue weighted by molar-refractivity contribution is 0.582. The quantitative estimate of drug-likeness (QED) is 0.831. The van der Waals surface area contributed by atoms with Gasteiger partial charge in [0.2, 0.25) is 10.0 Å². The van der Waals surface area contributed by atoms with Crippen molar-refractivity contribution < 1.29 is 8.42 Å². The molecule has 0 aromatic heterocycles. The number of anilines is 1. The van der Waals surface area contributed by atoms with Gasteiger partial charge in [0.1, 0.15) is 0 Å². The van der Waals surface area contributed by atoms with E-state index in [4.69, 9.17) is 0 Å². The van der Waals surface area contributed by atoms with Gasteiger partial charge in [-0.25, -0.2) is 8.42 Å². The number of hydrogen-bond donors (Lipinski definition) is 2. The lowest BCUT2D eigenvalue weighted by atomic mass is 10.1. The Labute approximate surface area is 110 Å². The Hall–Kier alpha value is -1.07. The molecule has 0 bridgehead atoms. The van der Waals surface area contributed by atoms with Crippen molar-refractivity contribution in [2.75, 3.05) is 17.0 Å². The molecule has 0 radical (unpaired) electrons. The van der Waals surface area contributed by atoms with Gasteiger partial charge in [-0.05, 0) is 31.0 Å². The molecule has 18 heavy (non-hydrogen) atoms. The van der Waals surface area contributed by atoms with Gasteiger partial charge in [-0.2, -0.15) is 0 Å². The highest BCUT2D eigenvalue weighted by Crippen LogP contribution is 2.19. The van der Waals surface area contributed by atoms with Crippen molar-refractivity contribution in [3.05, 3.63) is 29.3 Å². The lowest BCUT2D eigenvalue weighted by Crippen LogP contribution is -2.31. The molecule has 0 aliphatic carbocycles. The number of hydrogen-bond acceptors (Lipinski definition) is 3. The van der Waals surface area contributed by atoms with Crippen LogP contribution in [0.5, 0.6) is 0 Å². The predicted octanol–water partition coefficient (Wildman–Crippen LogP) is 2.04. The second-order valence-corrected chi connectivity index (χ2v) is 6.62. The summed E-state index contributed by atoms with van der Waals surface area (Å²) in [7, 11) is -3.28. The molecular formula is C13H22N2O2S. The highest BCUT2D eigenvalue weighted by atomic mass is 32.2. The fourth-order valence-corrected chi connectivity index (χ4v) is 2.61. The zero-order valence-electron chi connectivity index (χ0n) is 11.4. The smallest absolute Gasteiger partial charge is 0.233 e. The van der Waals surface area contributed by atoms with Gasteiger partial charge in [0, 0.05) is 12.6 Å². The minimum absolute atomic E-state index is 0.0819. The average Bonchev–Trinajstić information content (AvgIpc) is 2.23. The summed E-state index contributed by atoms with van der Waals surface area (Å²) in [4.78, 5) is 0. The summed E-state index contributed by atoms with van der Waals surface area (Å²) in [6, 6.07) is 5.90. The SMILES string of the molecule is Cc1cccc(NS(=O)(=O)CCNC(C)C)c1C. The largest absolute Gasteiger partial charge is 0.313 e. The number of aryl methyl sites for hydroxylation is 1. The van der Waals surface area contributed by atoms with Crippen LogP contribution < -0.4 is 10.0 Å². The maximum atomic E-state index is 11.9. The van der Waals surface area contributed by atoms with Crippen molar-refractivity contribution in [1.29, 1.82) is 0 Å². The van der Waals surface area contributed by atoms with E-state index in [-0.39, 0.29) is 5.75 Å². The molecule has 0 aliphatic rings. The van der Waals surface area contributed by atoms with Crippen LogP contribution >= 0.6 is 0 Å². The fourth-order valence-electron chi connectivity index (χ4n) is 1.56. The third-order valence-corrected chi connectivity index (χ3v) is 4.07. The highest BCUT2D eigenvalue weighted by Gasteiger charge is 2.12. The molecule has 0 spiro atoms. The third-order valence-electron chi connectivity index (χ3n) is 2.79. The molecule has 5 heteroatoms. The molecule has 1 aromatic rings. The second kappa shape index (κ2) is 6.20. The topological polar surface area (TPSA) is 58.2 Å². The van der Waals surface area contributed by atoms with E-state index < -0.39 is 10.0 Å². The van der Waals surface area contributed by atoms with E-state index in [0.29, 0.717) is 18.3 Å². The fraction of sp³-hybridized carbons (Fsp3) is 0.538. The summed E-state index contributed by atoms with van der Waals surface area (Å²) in [6.07, 6.45) is 0. The molecule has 0 heterocycles. The lowest BCUT2D eigenvalue weighted by Gasteiger charge is -2.13. The molecule has 1 aromatic carbocycles. The molecule has 0 saturated carbocycles. The van der Waals surface area contributed by atoms with E-state index in [0.717, 1.165) is 11.1 Å². The van der Waals surface area contributed by atoms with Gasteiger partial charge in [-0.3, -0.25) is 4.72 Å². The van der Waals surface area contributed by atoms with Crippen molar-refractivity contribution in [3.8, 4) is 0 Å². The van der Waals surface area contributed by atoms with Gasteiger partial charge in [-0.15, -0.1) is 0 Å². The van der Waals surface area contributed by atoms with E-state index in [1.54, 1.807) is 6.07 Å². The molecule has 0 unspecified atom stereocenters. The predicted molar refractivity (Wildman–Crippen MR) is 76.5 cm³/mol. The number of sulfonamides is 1. The third kappa shape index (κ3) is 4.66. The van der Waals surface area contributed by atoms with E-state index in [1.807, 2.05) is 39.8 Å². The Balaban J connectivity index is 2.68. The summed E-state index contributed by atoms with van der Waals surface area (Å²) >= 11 is 0. The second-order valence-electron chi connectivity index (χ2n) is 4.78. The molecule has 0 fully saturated rings. The number of benzene rings is 1. The molecular weight excluding hydrogens is 248 g/mol. The van der Waals surface area contributed by atoms with E-state index in [9.17, 15) is 8.42 Å². The van der Waals surface area contributed by atoms with E-state index >= 15 is 0 Å². The molecule has 1 rings (SSSR count). The molecule has 0 aliphatic heterocycles. The Kier molecular flexibility index (Phi) is 5.16. The van der Waals surface area contributed by atoms with Crippen LogP contribution in [0.3, 0.4) is 0 Å². The Morgan fingerprint density at radius 2 is 1.89 bits per heavy atom. The summed E-state index contributed by atoms with van der Waals surface area (Å²) < 4.78 is 26.4. The van der Waals surface area contributed by atoms with E-state index in [1.165, 1.54) is 0 Å². The van der Waals surface area contributed by atoms with Crippen molar-refractivity contribution >= 4 is 15.7 Å². The van der Waals surface area contributed by atoms with Crippen LogP contribution in [0.15, 0.2) is 18.2 Å². The van der Waals surface area contributed by atoms with Crippen LogP contribution in [-0.2, 0) is 10.0 Å². The van der Waals surface area contributed by atoms with Gasteiger partial charge in [0.25, 0.3) is 0 Å². The Morgan fingerprint density at radius 1 is 1.22 bits per heavy atom. The highest BCUT2D eigenvalue weighted by molar-refractivity contribution is 7.92. The minimum atomic E-state index is -3.28. The Morgan fingerprint density at radius 3 is 2.50 bits per heavy atom. The average molecular weight is 270 g/mol. The molecule has 0 atom stereocenters. The first-order valence-corrected chi connectivity index (χ1v) is 7.77. The Bertz CT molecular complexity index is 496. The van der Waals surface area contributed by atoms with Gasteiger partial charge < -0.3 is 5.32 Å². The summed E-state index contributed by atoms with van der Waals surface area (Å²) in [5.41, 5.74) is 2.72. The molecule has 0 saturated heterocycles. The summed E-state index contributed by atoms with van der Waals surface area (Å²) in [6.45, 7) is 8.32. The standard InChI is InChI=1S/C13H22N2O2S/c1-10(2)14-8-9-18(16,17)15-13-7-5-6-11(3)12(13)4/h5-7,10,14-15H,8-9H2,1-4H3. The van der Waals surface area contributed by atoms with Crippen LogP contribution in [0.25, 0.3) is 0 Å².